The summed E-state index contributed by atoms with van der Waals surface area (Å²) < 4.78 is 1.88. The van der Waals surface area contributed by atoms with Gasteiger partial charge in [0.15, 0.2) is 5.82 Å². The first-order valence-electron chi connectivity index (χ1n) is 9.66. The molecule has 4 heterocycles. The second-order valence-electron chi connectivity index (χ2n) is 7.46. The van der Waals surface area contributed by atoms with Crippen molar-refractivity contribution in [1.82, 2.24) is 24.7 Å². The molecular formula is C22H22N6. The minimum atomic E-state index is 0.611. The molecule has 1 aliphatic heterocycles. The van der Waals surface area contributed by atoms with Gasteiger partial charge in [0, 0.05) is 49.7 Å². The van der Waals surface area contributed by atoms with E-state index in [4.69, 9.17) is 9.97 Å². The van der Waals surface area contributed by atoms with Crippen LogP contribution < -0.4 is 4.90 Å². The number of para-hydroxylation sites is 1. The lowest BCUT2D eigenvalue weighted by Crippen LogP contribution is -2.22. The molecule has 28 heavy (non-hydrogen) atoms. The van der Waals surface area contributed by atoms with E-state index in [1.807, 2.05) is 42.3 Å². The molecule has 1 unspecified atom stereocenters. The third-order valence-corrected chi connectivity index (χ3v) is 5.37. The van der Waals surface area contributed by atoms with E-state index in [1.165, 1.54) is 5.56 Å². The molecule has 1 fully saturated rings. The molecule has 0 N–H and O–H groups in total. The molecule has 6 nitrogen and oxygen atoms in total. The molecule has 4 aromatic rings. The number of benzene rings is 1. The SMILES string of the molecule is Cn1cc(CC2CCN(c3nc(-c4cccnc4)nc4ccccc34)C2)cn1. The zero-order chi connectivity index (χ0) is 18.9. The van der Waals surface area contributed by atoms with E-state index in [0.29, 0.717) is 5.92 Å². The molecule has 0 bridgehead atoms. The molecule has 0 radical (unpaired) electrons. The van der Waals surface area contributed by atoms with E-state index < -0.39 is 0 Å². The maximum Gasteiger partial charge on any atom is 0.163 e. The van der Waals surface area contributed by atoms with Crippen LogP contribution in [0, 0.1) is 5.92 Å². The standard InChI is InChI=1S/C22H22N6/c1-27-14-17(12-24-27)11-16-8-10-28(15-16)22-19-6-2-3-7-20(19)25-21(26-22)18-5-4-9-23-13-18/h2-7,9,12-14,16H,8,10-11,15H2,1H3. The van der Waals surface area contributed by atoms with Crippen molar-refractivity contribution in [3.05, 3.63) is 66.7 Å². The largest absolute Gasteiger partial charge is 0.356 e. The number of rotatable bonds is 4. The van der Waals surface area contributed by atoms with Gasteiger partial charge in [0.05, 0.1) is 11.7 Å². The van der Waals surface area contributed by atoms with Crippen molar-refractivity contribution >= 4 is 16.7 Å². The van der Waals surface area contributed by atoms with E-state index >= 15 is 0 Å². The van der Waals surface area contributed by atoms with Crippen molar-refractivity contribution in [2.75, 3.05) is 18.0 Å². The average molecular weight is 370 g/mol. The van der Waals surface area contributed by atoms with Gasteiger partial charge in [-0.2, -0.15) is 5.10 Å². The summed E-state index contributed by atoms with van der Waals surface area (Å²) in [6, 6.07) is 12.2. The lowest BCUT2D eigenvalue weighted by atomic mass is 10.0. The molecule has 0 amide bonds. The number of hydrogen-bond acceptors (Lipinski definition) is 5. The highest BCUT2D eigenvalue weighted by Gasteiger charge is 2.26. The van der Waals surface area contributed by atoms with Gasteiger partial charge in [0.1, 0.15) is 5.82 Å². The van der Waals surface area contributed by atoms with Crippen LogP contribution in [-0.2, 0) is 13.5 Å². The summed E-state index contributed by atoms with van der Waals surface area (Å²) in [5, 5.41) is 5.41. The van der Waals surface area contributed by atoms with Crippen molar-refractivity contribution < 1.29 is 0 Å². The molecule has 0 saturated carbocycles. The monoisotopic (exact) mass is 370 g/mol. The van der Waals surface area contributed by atoms with Gasteiger partial charge in [0.2, 0.25) is 0 Å². The topological polar surface area (TPSA) is 59.7 Å². The van der Waals surface area contributed by atoms with Gasteiger partial charge in [0.25, 0.3) is 0 Å². The second-order valence-corrected chi connectivity index (χ2v) is 7.46. The summed E-state index contributed by atoms with van der Waals surface area (Å²) in [6.45, 7) is 2.01. The number of nitrogens with zero attached hydrogens (tertiary/aromatic N) is 6. The van der Waals surface area contributed by atoms with Gasteiger partial charge < -0.3 is 4.90 Å². The van der Waals surface area contributed by atoms with Crippen molar-refractivity contribution in [1.29, 1.82) is 0 Å². The number of hydrogen-bond donors (Lipinski definition) is 0. The quantitative estimate of drug-likeness (QED) is 0.550. The summed E-state index contributed by atoms with van der Waals surface area (Å²) in [4.78, 5) is 16.4. The Balaban J connectivity index is 1.48. The number of fused-ring (bicyclic) bond motifs is 1. The lowest BCUT2D eigenvalue weighted by Gasteiger charge is -2.20. The fourth-order valence-corrected chi connectivity index (χ4v) is 4.03. The van der Waals surface area contributed by atoms with Crippen molar-refractivity contribution in [3.63, 3.8) is 0 Å². The van der Waals surface area contributed by atoms with E-state index in [0.717, 1.165) is 54.0 Å². The number of aryl methyl sites for hydroxylation is 1. The molecule has 1 saturated heterocycles. The molecule has 1 aromatic carbocycles. The van der Waals surface area contributed by atoms with Crippen LogP contribution in [0.1, 0.15) is 12.0 Å². The summed E-state index contributed by atoms with van der Waals surface area (Å²) in [5.74, 6) is 2.37. The number of pyridine rings is 1. The smallest absolute Gasteiger partial charge is 0.163 e. The summed E-state index contributed by atoms with van der Waals surface area (Å²) in [6.07, 6.45) is 9.91. The fourth-order valence-electron chi connectivity index (χ4n) is 4.03. The lowest BCUT2D eigenvalue weighted by molar-refractivity contribution is 0.586. The average Bonchev–Trinajstić information content (AvgIpc) is 3.37. The Morgan fingerprint density at radius 1 is 1.07 bits per heavy atom. The Hall–Kier alpha value is -3.28. The Morgan fingerprint density at radius 3 is 2.82 bits per heavy atom. The molecule has 6 heteroatoms. The molecule has 3 aromatic heterocycles. The minimum Gasteiger partial charge on any atom is -0.356 e. The summed E-state index contributed by atoms with van der Waals surface area (Å²) in [5.41, 5.74) is 3.22. The number of aromatic nitrogens is 5. The molecule has 1 aliphatic rings. The third-order valence-electron chi connectivity index (χ3n) is 5.37. The van der Waals surface area contributed by atoms with Crippen LogP contribution >= 0.6 is 0 Å². The first-order chi connectivity index (χ1) is 13.8. The van der Waals surface area contributed by atoms with Crippen LogP contribution in [0.5, 0.6) is 0 Å². The zero-order valence-electron chi connectivity index (χ0n) is 15.9. The highest BCUT2D eigenvalue weighted by atomic mass is 15.2. The van der Waals surface area contributed by atoms with E-state index in [2.05, 4.69) is 39.4 Å². The van der Waals surface area contributed by atoms with Crippen LogP contribution in [0.3, 0.4) is 0 Å². The predicted octanol–water partition coefficient (Wildman–Crippen LogP) is 3.49. The summed E-state index contributed by atoms with van der Waals surface area (Å²) in [7, 11) is 1.97. The predicted molar refractivity (Wildman–Crippen MR) is 110 cm³/mol. The first-order valence-corrected chi connectivity index (χ1v) is 9.66. The van der Waals surface area contributed by atoms with Gasteiger partial charge in [-0.3, -0.25) is 9.67 Å². The Kier molecular flexibility index (Phi) is 4.24. The van der Waals surface area contributed by atoms with Crippen molar-refractivity contribution in [2.24, 2.45) is 13.0 Å². The molecule has 5 rings (SSSR count). The second kappa shape index (κ2) is 7.03. The fraction of sp³-hybridized carbons (Fsp3) is 0.273. The van der Waals surface area contributed by atoms with Gasteiger partial charge in [-0.1, -0.05) is 12.1 Å². The van der Waals surface area contributed by atoms with Crippen LogP contribution in [-0.4, -0.2) is 37.8 Å². The van der Waals surface area contributed by atoms with Crippen LogP contribution in [0.15, 0.2) is 61.2 Å². The highest BCUT2D eigenvalue weighted by molar-refractivity contribution is 5.91. The zero-order valence-corrected chi connectivity index (χ0v) is 15.9. The third kappa shape index (κ3) is 3.22. The van der Waals surface area contributed by atoms with Gasteiger partial charge in [-0.05, 0) is 48.6 Å². The van der Waals surface area contributed by atoms with Gasteiger partial charge in [-0.25, -0.2) is 9.97 Å². The molecular weight excluding hydrogens is 348 g/mol. The van der Waals surface area contributed by atoms with Crippen LogP contribution in [0.4, 0.5) is 5.82 Å². The summed E-state index contributed by atoms with van der Waals surface area (Å²) >= 11 is 0. The molecule has 140 valence electrons. The highest BCUT2D eigenvalue weighted by Crippen LogP contribution is 2.31. The number of anilines is 1. The van der Waals surface area contributed by atoms with E-state index in [9.17, 15) is 0 Å². The Bertz CT molecular complexity index is 1100. The van der Waals surface area contributed by atoms with Gasteiger partial charge >= 0.3 is 0 Å². The Labute approximate surface area is 163 Å². The normalized spacial score (nSPS) is 16.8. The van der Waals surface area contributed by atoms with Crippen LogP contribution in [0.2, 0.25) is 0 Å². The van der Waals surface area contributed by atoms with Crippen molar-refractivity contribution in [2.45, 2.75) is 12.8 Å². The maximum absolute atomic E-state index is 4.96. The van der Waals surface area contributed by atoms with Gasteiger partial charge in [-0.15, -0.1) is 0 Å². The Morgan fingerprint density at radius 2 is 2.00 bits per heavy atom. The molecule has 0 spiro atoms. The minimum absolute atomic E-state index is 0.611. The molecule has 1 atom stereocenters. The van der Waals surface area contributed by atoms with E-state index in [1.54, 1.807) is 6.20 Å². The van der Waals surface area contributed by atoms with Crippen molar-refractivity contribution in [3.8, 4) is 11.4 Å². The van der Waals surface area contributed by atoms with Crippen LogP contribution in [0.25, 0.3) is 22.3 Å². The molecule has 0 aliphatic carbocycles. The maximum atomic E-state index is 4.96. The first kappa shape index (κ1) is 16.9. The van der Waals surface area contributed by atoms with E-state index in [-0.39, 0.29) is 0 Å².